The van der Waals surface area contributed by atoms with E-state index in [1.54, 1.807) is 0 Å². The maximum absolute atomic E-state index is 12.7. The second-order valence-electron chi connectivity index (χ2n) is 2.62. The molecule has 2 nitrogen and oxygen atoms in total. The van der Waals surface area contributed by atoms with Crippen LogP contribution in [0.1, 0.15) is 5.56 Å². The van der Waals surface area contributed by atoms with E-state index in [4.69, 9.17) is 10.5 Å². The number of nitrogens with two attached hydrogens (primary N) is 1. The summed E-state index contributed by atoms with van der Waals surface area (Å²) in [7, 11) is 1.41. The van der Waals surface area contributed by atoms with Crippen LogP contribution in [0.5, 0.6) is 5.75 Å². The Kier molecular flexibility index (Phi) is 3.19. The third-order valence-electron chi connectivity index (χ3n) is 1.74. The first-order valence-electron chi connectivity index (χ1n) is 3.91. The van der Waals surface area contributed by atoms with E-state index in [1.807, 2.05) is 0 Å². The van der Waals surface area contributed by atoms with Gasteiger partial charge in [0.25, 0.3) is 0 Å². The lowest BCUT2D eigenvalue weighted by Crippen LogP contribution is -2.05. The molecule has 2 N–H and O–H groups in total. The molecule has 0 saturated heterocycles. The molecule has 0 fully saturated rings. The SMILES string of the molecule is COc1cc(F)c(F)cc1CCN. The molecule has 0 atom stereocenters. The fourth-order valence-corrected chi connectivity index (χ4v) is 1.11. The summed E-state index contributed by atoms with van der Waals surface area (Å²) in [6.45, 7) is 0.376. The minimum Gasteiger partial charge on any atom is -0.496 e. The van der Waals surface area contributed by atoms with Crippen LogP contribution < -0.4 is 10.5 Å². The van der Waals surface area contributed by atoms with Crippen molar-refractivity contribution in [3.63, 3.8) is 0 Å². The van der Waals surface area contributed by atoms with Crippen molar-refractivity contribution in [2.45, 2.75) is 6.42 Å². The molecule has 13 heavy (non-hydrogen) atoms. The minimum absolute atomic E-state index is 0.337. The maximum atomic E-state index is 12.7. The van der Waals surface area contributed by atoms with Gasteiger partial charge >= 0.3 is 0 Å². The van der Waals surface area contributed by atoms with Crippen molar-refractivity contribution in [3.8, 4) is 5.75 Å². The summed E-state index contributed by atoms with van der Waals surface area (Å²) < 4.78 is 30.3. The summed E-state index contributed by atoms with van der Waals surface area (Å²) in [6, 6.07) is 2.14. The number of ether oxygens (including phenoxy) is 1. The molecular formula is C9H11F2NO. The molecule has 72 valence electrons. The molecular weight excluding hydrogens is 176 g/mol. The molecule has 0 unspecified atom stereocenters. The second kappa shape index (κ2) is 4.18. The van der Waals surface area contributed by atoms with Crippen LogP contribution in [0.4, 0.5) is 8.78 Å². The summed E-state index contributed by atoms with van der Waals surface area (Å²) in [5.41, 5.74) is 5.89. The molecule has 0 saturated carbocycles. The van der Waals surface area contributed by atoms with E-state index in [-0.39, 0.29) is 0 Å². The van der Waals surface area contributed by atoms with Crippen LogP contribution in [0.3, 0.4) is 0 Å². The molecule has 1 aromatic rings. The standard InChI is InChI=1S/C9H11F2NO/c1-13-9-5-8(11)7(10)4-6(9)2-3-12/h4-5H,2-3,12H2,1H3. The second-order valence-corrected chi connectivity index (χ2v) is 2.62. The van der Waals surface area contributed by atoms with Gasteiger partial charge in [-0.2, -0.15) is 0 Å². The molecule has 0 aliphatic rings. The van der Waals surface area contributed by atoms with E-state index in [9.17, 15) is 8.78 Å². The van der Waals surface area contributed by atoms with Gasteiger partial charge in [0.15, 0.2) is 11.6 Å². The summed E-state index contributed by atoms with van der Waals surface area (Å²) in [6.07, 6.45) is 0.473. The fourth-order valence-electron chi connectivity index (χ4n) is 1.11. The van der Waals surface area contributed by atoms with E-state index in [0.717, 1.165) is 12.1 Å². The molecule has 0 bridgehead atoms. The zero-order valence-corrected chi connectivity index (χ0v) is 7.31. The number of methoxy groups -OCH3 is 1. The van der Waals surface area contributed by atoms with Crippen molar-refractivity contribution in [3.05, 3.63) is 29.3 Å². The Labute approximate surface area is 75.3 Å². The van der Waals surface area contributed by atoms with Crippen LogP contribution in [0.2, 0.25) is 0 Å². The summed E-state index contributed by atoms with van der Waals surface area (Å²) in [5, 5.41) is 0. The van der Waals surface area contributed by atoms with E-state index in [1.165, 1.54) is 7.11 Å². The van der Waals surface area contributed by atoms with Crippen molar-refractivity contribution in [2.24, 2.45) is 5.73 Å². The zero-order valence-electron chi connectivity index (χ0n) is 7.31. The van der Waals surface area contributed by atoms with Crippen LogP contribution >= 0.6 is 0 Å². The largest absolute Gasteiger partial charge is 0.496 e. The van der Waals surface area contributed by atoms with Crippen molar-refractivity contribution < 1.29 is 13.5 Å². The van der Waals surface area contributed by atoms with Gasteiger partial charge < -0.3 is 10.5 Å². The molecule has 0 aromatic heterocycles. The molecule has 1 rings (SSSR count). The van der Waals surface area contributed by atoms with Crippen LogP contribution in [-0.2, 0) is 6.42 Å². The Hall–Kier alpha value is -1.16. The summed E-state index contributed by atoms with van der Waals surface area (Å²) in [4.78, 5) is 0. The van der Waals surface area contributed by atoms with Gasteiger partial charge in [-0.15, -0.1) is 0 Å². The smallest absolute Gasteiger partial charge is 0.162 e. The molecule has 0 spiro atoms. The summed E-state index contributed by atoms with van der Waals surface area (Å²) in [5.74, 6) is -1.44. The topological polar surface area (TPSA) is 35.2 Å². The van der Waals surface area contributed by atoms with Gasteiger partial charge in [0.1, 0.15) is 5.75 Å². The Balaban J connectivity index is 3.09. The minimum atomic E-state index is -0.905. The Morgan fingerprint density at radius 2 is 1.92 bits per heavy atom. The summed E-state index contributed by atoms with van der Waals surface area (Å²) >= 11 is 0. The highest BCUT2D eigenvalue weighted by Crippen LogP contribution is 2.22. The van der Waals surface area contributed by atoms with Gasteiger partial charge in [0.05, 0.1) is 7.11 Å². The van der Waals surface area contributed by atoms with Gasteiger partial charge in [0, 0.05) is 6.07 Å². The molecule has 0 aliphatic heterocycles. The predicted molar refractivity (Wildman–Crippen MR) is 45.7 cm³/mol. The van der Waals surface area contributed by atoms with Gasteiger partial charge in [-0.3, -0.25) is 0 Å². The van der Waals surface area contributed by atoms with Crippen LogP contribution in [0.15, 0.2) is 12.1 Å². The molecule has 0 heterocycles. The maximum Gasteiger partial charge on any atom is 0.162 e. The molecule has 4 heteroatoms. The molecule has 0 aliphatic carbocycles. The van der Waals surface area contributed by atoms with Crippen LogP contribution in [-0.4, -0.2) is 13.7 Å². The number of rotatable bonds is 3. The average molecular weight is 187 g/mol. The van der Waals surface area contributed by atoms with Crippen LogP contribution in [0, 0.1) is 11.6 Å². The van der Waals surface area contributed by atoms with Crippen molar-refractivity contribution >= 4 is 0 Å². The lowest BCUT2D eigenvalue weighted by atomic mass is 10.1. The first-order chi connectivity index (χ1) is 6.19. The molecule has 0 amide bonds. The zero-order chi connectivity index (χ0) is 9.84. The predicted octanol–water partition coefficient (Wildman–Crippen LogP) is 1.47. The number of hydrogen-bond donors (Lipinski definition) is 1. The van der Waals surface area contributed by atoms with Gasteiger partial charge in [-0.25, -0.2) is 8.78 Å². The van der Waals surface area contributed by atoms with Crippen LogP contribution in [0.25, 0.3) is 0 Å². The Bertz CT molecular complexity index is 302. The van der Waals surface area contributed by atoms with E-state index in [0.29, 0.717) is 24.3 Å². The monoisotopic (exact) mass is 187 g/mol. The first-order valence-corrected chi connectivity index (χ1v) is 3.91. The lowest BCUT2D eigenvalue weighted by molar-refractivity contribution is 0.401. The van der Waals surface area contributed by atoms with E-state index < -0.39 is 11.6 Å². The Morgan fingerprint density at radius 3 is 2.46 bits per heavy atom. The van der Waals surface area contributed by atoms with Crippen molar-refractivity contribution in [2.75, 3.05) is 13.7 Å². The van der Waals surface area contributed by atoms with Gasteiger partial charge in [-0.1, -0.05) is 0 Å². The highest BCUT2D eigenvalue weighted by atomic mass is 19.2. The highest BCUT2D eigenvalue weighted by molar-refractivity contribution is 5.34. The Morgan fingerprint density at radius 1 is 1.31 bits per heavy atom. The molecule has 1 aromatic carbocycles. The number of hydrogen-bond acceptors (Lipinski definition) is 2. The van der Waals surface area contributed by atoms with Crippen molar-refractivity contribution in [1.82, 2.24) is 0 Å². The molecule has 0 radical (unpaired) electrons. The van der Waals surface area contributed by atoms with Gasteiger partial charge in [-0.05, 0) is 24.6 Å². The first kappa shape index (κ1) is 9.92. The van der Waals surface area contributed by atoms with E-state index >= 15 is 0 Å². The third-order valence-corrected chi connectivity index (χ3v) is 1.74. The third kappa shape index (κ3) is 2.15. The average Bonchev–Trinajstić information content (AvgIpc) is 2.11. The normalized spacial score (nSPS) is 10.2. The van der Waals surface area contributed by atoms with E-state index in [2.05, 4.69) is 0 Å². The number of halogens is 2. The fraction of sp³-hybridized carbons (Fsp3) is 0.333. The van der Waals surface area contributed by atoms with Gasteiger partial charge in [0.2, 0.25) is 0 Å². The highest BCUT2D eigenvalue weighted by Gasteiger charge is 2.09. The quantitative estimate of drug-likeness (QED) is 0.777. The lowest BCUT2D eigenvalue weighted by Gasteiger charge is -2.07. The number of benzene rings is 1. The van der Waals surface area contributed by atoms with Crippen molar-refractivity contribution in [1.29, 1.82) is 0 Å².